The van der Waals surface area contributed by atoms with Gasteiger partial charge >= 0.3 is 0 Å². The first-order valence-electron chi connectivity index (χ1n) is 14.7. The summed E-state index contributed by atoms with van der Waals surface area (Å²) in [6.45, 7) is 18.3. The minimum Gasteiger partial charge on any atom is -0.359 e. The lowest BCUT2D eigenvalue weighted by Crippen LogP contribution is -2.28. The highest BCUT2D eigenvalue weighted by molar-refractivity contribution is 5.94. The van der Waals surface area contributed by atoms with Gasteiger partial charge in [0.1, 0.15) is 5.82 Å². The Morgan fingerprint density at radius 1 is 1.14 bits per heavy atom. The van der Waals surface area contributed by atoms with Crippen LogP contribution in [0.1, 0.15) is 48.6 Å². The van der Waals surface area contributed by atoms with Crippen LogP contribution in [0.5, 0.6) is 0 Å². The Kier molecular flexibility index (Phi) is 9.32. The summed E-state index contributed by atoms with van der Waals surface area (Å²) in [6, 6.07) is 10.9. The molecule has 1 fully saturated rings. The molecule has 0 bridgehead atoms. The van der Waals surface area contributed by atoms with Crippen LogP contribution in [0.25, 0.3) is 33.6 Å². The number of hydrogen-bond donors (Lipinski definition) is 4. The van der Waals surface area contributed by atoms with Crippen molar-refractivity contribution < 1.29 is 4.39 Å². The summed E-state index contributed by atoms with van der Waals surface area (Å²) in [5.41, 5.74) is 9.14. The van der Waals surface area contributed by atoms with Gasteiger partial charge in [-0.25, -0.2) is 9.37 Å². The number of halogens is 1. The lowest BCUT2D eigenvalue weighted by atomic mass is 9.93. The second-order valence-electron chi connectivity index (χ2n) is 10.9. The van der Waals surface area contributed by atoms with Gasteiger partial charge in [0.05, 0.1) is 11.4 Å². The van der Waals surface area contributed by atoms with E-state index in [1.165, 1.54) is 18.9 Å². The molecule has 0 saturated carbocycles. The minimum atomic E-state index is -0.284. The van der Waals surface area contributed by atoms with Crippen LogP contribution in [0, 0.1) is 18.7 Å². The average Bonchev–Trinajstić information content (AvgIpc) is 3.61. The standard InChI is InChI=1S/C36H39FN6/c1-6-11-29(30-12-9-10-13-33(30)37)31-21-34(41-24(31)5)35-32-20-27(22-39-36(32)43-42-35)26(7-2)19-28(8-3)40-23(4)18-25-14-16-38-17-15-25/h6-13,19-22,25,38,40-41H,1,3-4,14-18H2,2,5H3,(H,39,42,43)/b26-7+,28-19+,29-11-. The average molecular weight is 575 g/mol. The van der Waals surface area contributed by atoms with E-state index in [1.54, 1.807) is 18.2 Å². The molecule has 1 aliphatic rings. The smallest absolute Gasteiger partial charge is 0.181 e. The van der Waals surface area contributed by atoms with E-state index in [2.05, 4.69) is 68.8 Å². The highest BCUT2D eigenvalue weighted by Gasteiger charge is 2.18. The molecule has 5 rings (SSSR count). The Bertz CT molecular complexity index is 1740. The first-order chi connectivity index (χ1) is 20.9. The number of aromatic nitrogens is 4. The van der Waals surface area contributed by atoms with Gasteiger partial charge in [-0.2, -0.15) is 5.10 Å². The van der Waals surface area contributed by atoms with Gasteiger partial charge in [-0.1, -0.05) is 56.2 Å². The van der Waals surface area contributed by atoms with Gasteiger partial charge in [0.2, 0.25) is 0 Å². The van der Waals surface area contributed by atoms with Crippen molar-refractivity contribution in [3.8, 4) is 11.4 Å². The molecule has 7 heteroatoms. The van der Waals surface area contributed by atoms with Crippen molar-refractivity contribution in [1.29, 1.82) is 0 Å². The zero-order valence-corrected chi connectivity index (χ0v) is 24.9. The molecule has 3 aromatic heterocycles. The SMILES string of the molecule is C=C/C=C(/c1ccccc1F)c1cc(-c2[nH]nc3ncc(C(/C=C(\C=C)NC(=C)CC4CCNCC4)=C/C)cc23)[nH]c1C. The molecule has 4 N–H and O–H groups in total. The normalized spacial score (nSPS) is 15.1. The van der Waals surface area contributed by atoms with Crippen molar-refractivity contribution >= 4 is 22.2 Å². The molecule has 0 atom stereocenters. The lowest BCUT2D eigenvalue weighted by molar-refractivity contribution is 0.368. The molecule has 1 aromatic carbocycles. The molecular formula is C36H39FN6. The fourth-order valence-electron chi connectivity index (χ4n) is 5.69. The first kappa shape index (κ1) is 29.7. The Balaban J connectivity index is 1.44. The third-order valence-electron chi connectivity index (χ3n) is 7.92. The quantitative estimate of drug-likeness (QED) is 0.137. The minimum absolute atomic E-state index is 0.284. The van der Waals surface area contributed by atoms with Gasteiger partial charge < -0.3 is 15.6 Å². The molecule has 0 radical (unpaired) electrons. The van der Waals surface area contributed by atoms with E-state index < -0.39 is 0 Å². The summed E-state index contributed by atoms with van der Waals surface area (Å²) in [7, 11) is 0. The highest BCUT2D eigenvalue weighted by Crippen LogP contribution is 2.34. The Labute approximate surface area is 252 Å². The van der Waals surface area contributed by atoms with Crippen molar-refractivity contribution in [2.75, 3.05) is 13.1 Å². The maximum absolute atomic E-state index is 14.8. The van der Waals surface area contributed by atoms with Crippen LogP contribution in [-0.4, -0.2) is 33.3 Å². The maximum Gasteiger partial charge on any atom is 0.181 e. The van der Waals surface area contributed by atoms with Crippen LogP contribution < -0.4 is 10.6 Å². The van der Waals surface area contributed by atoms with Crippen molar-refractivity contribution in [3.63, 3.8) is 0 Å². The van der Waals surface area contributed by atoms with Gasteiger partial charge in [0.25, 0.3) is 0 Å². The largest absolute Gasteiger partial charge is 0.359 e. The number of aryl methyl sites for hydroxylation is 1. The number of rotatable bonds is 11. The number of hydrogen-bond acceptors (Lipinski definition) is 4. The van der Waals surface area contributed by atoms with Crippen LogP contribution in [0.15, 0.2) is 104 Å². The molecule has 1 aliphatic heterocycles. The van der Waals surface area contributed by atoms with E-state index in [1.807, 2.05) is 44.3 Å². The molecule has 6 nitrogen and oxygen atoms in total. The van der Waals surface area contributed by atoms with E-state index in [9.17, 15) is 4.39 Å². The van der Waals surface area contributed by atoms with Gasteiger partial charge in [0.15, 0.2) is 5.65 Å². The monoisotopic (exact) mass is 574 g/mol. The van der Waals surface area contributed by atoms with Crippen LogP contribution in [0.2, 0.25) is 0 Å². The Hall–Kier alpha value is -4.75. The second kappa shape index (κ2) is 13.5. The molecule has 1 saturated heterocycles. The molecule has 220 valence electrons. The highest BCUT2D eigenvalue weighted by atomic mass is 19.1. The summed E-state index contributed by atoms with van der Waals surface area (Å²) < 4.78 is 14.8. The van der Waals surface area contributed by atoms with E-state index in [-0.39, 0.29) is 5.82 Å². The third-order valence-corrected chi connectivity index (χ3v) is 7.92. The van der Waals surface area contributed by atoms with Gasteiger partial charge in [-0.3, -0.25) is 5.10 Å². The predicted molar refractivity (Wildman–Crippen MR) is 177 cm³/mol. The molecule has 4 aromatic rings. The second-order valence-corrected chi connectivity index (χ2v) is 10.9. The fraction of sp³-hybridized carbons (Fsp3) is 0.222. The summed E-state index contributed by atoms with van der Waals surface area (Å²) >= 11 is 0. The number of fused-ring (bicyclic) bond motifs is 1. The van der Waals surface area contributed by atoms with Gasteiger partial charge in [0, 0.05) is 45.4 Å². The van der Waals surface area contributed by atoms with Crippen molar-refractivity contribution in [2.45, 2.75) is 33.1 Å². The molecular weight excluding hydrogens is 535 g/mol. The number of nitrogens with zero attached hydrogens (tertiary/aromatic N) is 2. The zero-order chi connectivity index (χ0) is 30.3. The first-order valence-corrected chi connectivity index (χ1v) is 14.7. The zero-order valence-electron chi connectivity index (χ0n) is 24.9. The van der Waals surface area contributed by atoms with Crippen molar-refractivity contribution in [1.82, 2.24) is 30.8 Å². The van der Waals surface area contributed by atoms with E-state index in [0.717, 1.165) is 75.6 Å². The molecule has 0 aliphatic carbocycles. The number of pyridine rings is 1. The summed E-state index contributed by atoms with van der Waals surface area (Å²) in [5.74, 6) is 0.362. The predicted octanol–water partition coefficient (Wildman–Crippen LogP) is 7.98. The molecule has 0 unspecified atom stereocenters. The molecule has 43 heavy (non-hydrogen) atoms. The number of nitrogens with one attached hydrogen (secondary N) is 4. The number of piperidine rings is 1. The molecule has 4 heterocycles. The van der Waals surface area contributed by atoms with Crippen LogP contribution in [-0.2, 0) is 0 Å². The van der Waals surface area contributed by atoms with Crippen LogP contribution in [0.3, 0.4) is 0 Å². The van der Waals surface area contributed by atoms with E-state index >= 15 is 0 Å². The maximum atomic E-state index is 14.8. The van der Waals surface area contributed by atoms with Crippen molar-refractivity contribution in [2.24, 2.45) is 5.92 Å². The Morgan fingerprint density at radius 3 is 2.65 bits per heavy atom. The van der Waals surface area contributed by atoms with Crippen molar-refractivity contribution in [3.05, 3.63) is 132 Å². The van der Waals surface area contributed by atoms with Gasteiger partial charge in [-0.05, 0) is 93.6 Å². The Morgan fingerprint density at radius 2 is 1.93 bits per heavy atom. The number of H-pyrrole nitrogens is 2. The van der Waals surface area contributed by atoms with Crippen LogP contribution >= 0.6 is 0 Å². The molecule has 0 spiro atoms. The summed E-state index contributed by atoms with van der Waals surface area (Å²) in [6.07, 6.45) is 14.6. The third kappa shape index (κ3) is 6.68. The molecule has 0 amide bonds. The topological polar surface area (TPSA) is 81.4 Å². The number of benzene rings is 1. The van der Waals surface area contributed by atoms with E-state index in [0.29, 0.717) is 17.1 Å². The fourth-order valence-corrected chi connectivity index (χ4v) is 5.69. The lowest BCUT2D eigenvalue weighted by Gasteiger charge is -2.24. The van der Waals surface area contributed by atoms with Crippen LogP contribution in [0.4, 0.5) is 4.39 Å². The number of allylic oxidation sites excluding steroid dienone is 7. The van der Waals surface area contributed by atoms with E-state index in [4.69, 9.17) is 0 Å². The summed E-state index contributed by atoms with van der Waals surface area (Å²) in [4.78, 5) is 8.12. The summed E-state index contributed by atoms with van der Waals surface area (Å²) in [5, 5.41) is 15.4. The number of aromatic amines is 2. The van der Waals surface area contributed by atoms with Gasteiger partial charge in [-0.15, -0.1) is 0 Å².